The number of aliphatic imine (C=N–C) groups is 1. The highest BCUT2D eigenvalue weighted by Gasteiger charge is 2.41. The van der Waals surface area contributed by atoms with Crippen LogP contribution in [0.5, 0.6) is 0 Å². The second-order valence-corrected chi connectivity index (χ2v) is 7.93. The van der Waals surface area contributed by atoms with E-state index in [2.05, 4.69) is 46.3 Å². The monoisotopic (exact) mass is 423 g/mol. The van der Waals surface area contributed by atoms with Gasteiger partial charge in [-0.2, -0.15) is 0 Å². The summed E-state index contributed by atoms with van der Waals surface area (Å²) in [6, 6.07) is 17.5. The molecule has 2 aromatic carbocycles. The van der Waals surface area contributed by atoms with Gasteiger partial charge in [0.25, 0.3) is 5.69 Å². The van der Waals surface area contributed by atoms with Crippen LogP contribution in [0, 0.1) is 10.1 Å². The quantitative estimate of drug-likeness (QED) is 0.333. The Hall–Kier alpha value is -2.97. The fourth-order valence-corrected chi connectivity index (χ4v) is 4.26. The Balaban J connectivity index is 1.44. The molecule has 0 saturated carbocycles. The highest BCUT2D eigenvalue weighted by molar-refractivity contribution is 5.80. The van der Waals surface area contributed by atoms with E-state index in [1.54, 1.807) is 12.1 Å². The number of nitro benzene ring substituents is 1. The van der Waals surface area contributed by atoms with Crippen molar-refractivity contribution >= 4 is 11.6 Å². The van der Waals surface area contributed by atoms with Gasteiger partial charge in [0, 0.05) is 44.9 Å². The van der Waals surface area contributed by atoms with E-state index < -0.39 is 0 Å². The summed E-state index contributed by atoms with van der Waals surface area (Å²) in [6.07, 6.45) is 0.167. The van der Waals surface area contributed by atoms with Gasteiger partial charge >= 0.3 is 0 Å². The van der Waals surface area contributed by atoms with Crippen LogP contribution in [-0.4, -0.2) is 65.6 Å². The summed E-state index contributed by atoms with van der Waals surface area (Å²) in [5.74, 6) is 0.860. The smallest absolute Gasteiger partial charge is 0.269 e. The number of morpholine rings is 1. The summed E-state index contributed by atoms with van der Waals surface area (Å²) >= 11 is 0. The van der Waals surface area contributed by atoms with Gasteiger partial charge in [-0.25, -0.2) is 4.99 Å². The highest BCUT2D eigenvalue weighted by Crippen LogP contribution is 2.25. The Bertz CT molecular complexity index is 903. The van der Waals surface area contributed by atoms with Gasteiger partial charge in [-0.1, -0.05) is 42.5 Å². The average molecular weight is 424 g/mol. The molecule has 0 amide bonds. The molecule has 2 aliphatic rings. The van der Waals surface area contributed by atoms with Crippen molar-refractivity contribution in [1.29, 1.82) is 0 Å². The number of benzene rings is 2. The Morgan fingerprint density at radius 2 is 1.94 bits per heavy atom. The van der Waals surface area contributed by atoms with Crippen LogP contribution < -0.4 is 5.32 Å². The number of nitrogens with one attached hydrogen (secondary N) is 1. The molecular formula is C23H29N5O3. The Kier molecular flexibility index (Phi) is 6.79. The normalized spacial score (nSPS) is 21.7. The zero-order chi connectivity index (χ0) is 21.6. The van der Waals surface area contributed by atoms with Crippen LogP contribution in [0.2, 0.25) is 0 Å². The number of guanidine groups is 1. The minimum absolute atomic E-state index is 0.0962. The van der Waals surface area contributed by atoms with Crippen LogP contribution in [0.25, 0.3) is 0 Å². The summed E-state index contributed by atoms with van der Waals surface area (Å²) in [5.41, 5.74) is 2.36. The SMILES string of the molecule is CCNC(=NCc1ccc([N+](=O)[O-])cc1)N1CC2OCCN(Cc3ccccc3)C2C1. The number of rotatable bonds is 6. The lowest BCUT2D eigenvalue weighted by Crippen LogP contribution is -2.50. The lowest BCUT2D eigenvalue weighted by Gasteiger charge is -2.36. The maximum absolute atomic E-state index is 10.8. The number of non-ortho nitro benzene ring substituents is 1. The molecule has 0 bridgehead atoms. The number of ether oxygens (including phenoxy) is 1. The molecule has 164 valence electrons. The molecule has 1 N–H and O–H groups in total. The molecule has 2 atom stereocenters. The Morgan fingerprint density at radius 1 is 1.16 bits per heavy atom. The standard InChI is InChI=1S/C23H29N5O3/c1-2-24-23(25-14-18-8-10-20(11-9-18)28(29)30)27-16-21-22(17-27)31-13-12-26(21)15-19-6-4-3-5-7-19/h3-11,21-22H,2,12-17H2,1H3,(H,24,25). The fraction of sp³-hybridized carbons (Fsp3) is 0.435. The highest BCUT2D eigenvalue weighted by atomic mass is 16.6. The molecule has 2 aliphatic heterocycles. The fourth-order valence-electron chi connectivity index (χ4n) is 4.26. The van der Waals surface area contributed by atoms with Crippen molar-refractivity contribution in [2.75, 3.05) is 32.8 Å². The van der Waals surface area contributed by atoms with Gasteiger partial charge in [0.2, 0.25) is 0 Å². The number of nitrogens with zero attached hydrogens (tertiary/aromatic N) is 4. The Morgan fingerprint density at radius 3 is 2.65 bits per heavy atom. The summed E-state index contributed by atoms with van der Waals surface area (Å²) < 4.78 is 6.10. The average Bonchev–Trinajstić information content (AvgIpc) is 3.23. The van der Waals surface area contributed by atoms with E-state index >= 15 is 0 Å². The molecule has 8 heteroatoms. The van der Waals surface area contributed by atoms with Crippen LogP contribution >= 0.6 is 0 Å². The molecule has 0 spiro atoms. The second kappa shape index (κ2) is 9.89. The van der Waals surface area contributed by atoms with Crippen LogP contribution in [0.15, 0.2) is 59.6 Å². The lowest BCUT2D eigenvalue weighted by atomic mass is 10.1. The van der Waals surface area contributed by atoms with Crippen LogP contribution in [-0.2, 0) is 17.8 Å². The van der Waals surface area contributed by atoms with E-state index in [0.29, 0.717) is 12.6 Å². The summed E-state index contributed by atoms with van der Waals surface area (Å²) in [5, 5.41) is 14.2. The van der Waals surface area contributed by atoms with Gasteiger partial charge in [0.15, 0.2) is 5.96 Å². The molecular weight excluding hydrogens is 394 g/mol. The number of nitro groups is 1. The summed E-state index contributed by atoms with van der Waals surface area (Å²) in [4.78, 5) is 20.0. The van der Waals surface area contributed by atoms with Crippen molar-refractivity contribution in [3.05, 3.63) is 75.8 Å². The van der Waals surface area contributed by atoms with Gasteiger partial charge < -0.3 is 15.0 Å². The third kappa shape index (κ3) is 5.21. The first kappa shape index (κ1) is 21.3. The second-order valence-electron chi connectivity index (χ2n) is 7.93. The minimum atomic E-state index is -0.385. The lowest BCUT2D eigenvalue weighted by molar-refractivity contribution is -0.384. The van der Waals surface area contributed by atoms with Crippen LogP contribution in [0.3, 0.4) is 0 Å². The maximum Gasteiger partial charge on any atom is 0.269 e. The molecule has 0 radical (unpaired) electrons. The number of hydrogen-bond acceptors (Lipinski definition) is 5. The molecule has 4 rings (SSSR count). The van der Waals surface area contributed by atoms with E-state index in [4.69, 9.17) is 9.73 Å². The molecule has 2 saturated heterocycles. The minimum Gasteiger partial charge on any atom is -0.373 e. The molecule has 2 heterocycles. The van der Waals surface area contributed by atoms with E-state index in [-0.39, 0.29) is 16.7 Å². The molecule has 0 aromatic heterocycles. The summed E-state index contributed by atoms with van der Waals surface area (Å²) in [7, 11) is 0. The van der Waals surface area contributed by atoms with Crippen molar-refractivity contribution in [3.63, 3.8) is 0 Å². The first-order chi connectivity index (χ1) is 15.1. The summed E-state index contributed by atoms with van der Waals surface area (Å²) in [6.45, 7) is 7.59. The largest absolute Gasteiger partial charge is 0.373 e. The molecule has 8 nitrogen and oxygen atoms in total. The van der Waals surface area contributed by atoms with Gasteiger partial charge in [-0.05, 0) is 18.1 Å². The predicted molar refractivity (Wildman–Crippen MR) is 120 cm³/mol. The van der Waals surface area contributed by atoms with Gasteiger partial charge in [0.1, 0.15) is 0 Å². The van der Waals surface area contributed by atoms with Crippen molar-refractivity contribution in [1.82, 2.24) is 15.1 Å². The third-order valence-electron chi connectivity index (χ3n) is 5.84. The van der Waals surface area contributed by atoms with Gasteiger partial charge in [-0.15, -0.1) is 0 Å². The third-order valence-corrected chi connectivity index (χ3v) is 5.84. The molecule has 2 unspecified atom stereocenters. The van der Waals surface area contributed by atoms with Crippen LogP contribution in [0.1, 0.15) is 18.1 Å². The predicted octanol–water partition coefficient (Wildman–Crippen LogP) is 2.65. The molecule has 2 fully saturated rings. The first-order valence-corrected chi connectivity index (χ1v) is 10.8. The van der Waals surface area contributed by atoms with Crippen LogP contribution in [0.4, 0.5) is 5.69 Å². The zero-order valence-corrected chi connectivity index (χ0v) is 17.8. The van der Waals surface area contributed by atoms with Gasteiger partial charge in [-0.3, -0.25) is 15.0 Å². The van der Waals surface area contributed by atoms with Crippen molar-refractivity contribution in [2.24, 2.45) is 4.99 Å². The van der Waals surface area contributed by atoms with E-state index in [1.165, 1.54) is 17.7 Å². The van der Waals surface area contributed by atoms with Gasteiger partial charge in [0.05, 0.1) is 30.2 Å². The van der Waals surface area contributed by atoms with E-state index in [1.807, 2.05) is 6.07 Å². The topological polar surface area (TPSA) is 83.2 Å². The number of fused-ring (bicyclic) bond motifs is 1. The number of likely N-dealkylation sites (tertiary alicyclic amines) is 1. The van der Waals surface area contributed by atoms with Crippen molar-refractivity contribution < 1.29 is 9.66 Å². The maximum atomic E-state index is 10.8. The molecule has 2 aromatic rings. The zero-order valence-electron chi connectivity index (χ0n) is 17.8. The van der Waals surface area contributed by atoms with E-state index in [0.717, 1.165) is 50.9 Å². The van der Waals surface area contributed by atoms with Crippen molar-refractivity contribution in [3.8, 4) is 0 Å². The molecule has 31 heavy (non-hydrogen) atoms. The number of hydrogen-bond donors (Lipinski definition) is 1. The van der Waals surface area contributed by atoms with Crippen molar-refractivity contribution in [2.45, 2.75) is 32.2 Å². The molecule has 0 aliphatic carbocycles. The Labute approximate surface area is 182 Å². The van der Waals surface area contributed by atoms with E-state index in [9.17, 15) is 10.1 Å². The first-order valence-electron chi connectivity index (χ1n) is 10.8.